The maximum Gasteiger partial charge on any atom is 0.222 e. The highest BCUT2D eigenvalue weighted by Gasteiger charge is 2.23. The first kappa shape index (κ1) is 17.2. The van der Waals surface area contributed by atoms with Crippen molar-refractivity contribution in [3.8, 4) is 0 Å². The summed E-state index contributed by atoms with van der Waals surface area (Å²) in [6.07, 6.45) is 1.01. The van der Waals surface area contributed by atoms with Crippen LogP contribution in [0.15, 0.2) is 30.3 Å². The molecule has 6 nitrogen and oxygen atoms in total. The molecule has 3 heterocycles. The van der Waals surface area contributed by atoms with Crippen LogP contribution in [-0.4, -0.2) is 54.3 Å². The van der Waals surface area contributed by atoms with Gasteiger partial charge >= 0.3 is 0 Å². The number of aryl methyl sites for hydroxylation is 1. The van der Waals surface area contributed by atoms with Crippen LogP contribution in [0.4, 0.5) is 11.8 Å². The van der Waals surface area contributed by atoms with E-state index in [4.69, 9.17) is 10.5 Å². The number of nitrogens with two attached hydrogens (primary N) is 1. The molecule has 2 aliphatic heterocycles. The van der Waals surface area contributed by atoms with Crippen molar-refractivity contribution in [2.45, 2.75) is 25.8 Å². The van der Waals surface area contributed by atoms with Gasteiger partial charge in [0.1, 0.15) is 5.82 Å². The lowest BCUT2D eigenvalue weighted by molar-refractivity contribution is 0.193. The van der Waals surface area contributed by atoms with Crippen LogP contribution in [0.5, 0.6) is 0 Å². The summed E-state index contributed by atoms with van der Waals surface area (Å²) in [5, 5.41) is 0. The highest BCUT2D eigenvalue weighted by molar-refractivity contribution is 5.45. The standard InChI is InChI=1S/C20H27N5O/c1-15-3-2-4-16(11-15)13-24-6-8-25(9-7-24)19-12-18(22-20(21)23-19)17-5-10-26-14-17/h2-4,11-12,17H,5-10,13-14H2,1H3,(H2,21,22,23)/t17-/m0/s1. The van der Waals surface area contributed by atoms with E-state index in [0.717, 1.165) is 63.9 Å². The number of rotatable bonds is 4. The maximum absolute atomic E-state index is 5.98. The minimum absolute atomic E-state index is 0.349. The predicted octanol–water partition coefficient (Wildman–Crippen LogP) is 2.19. The van der Waals surface area contributed by atoms with Gasteiger partial charge in [0.05, 0.1) is 12.3 Å². The predicted molar refractivity (Wildman–Crippen MR) is 103 cm³/mol. The Kier molecular flexibility index (Phi) is 5.04. The molecule has 0 radical (unpaired) electrons. The summed E-state index contributed by atoms with van der Waals surface area (Å²) < 4.78 is 5.49. The molecule has 2 N–H and O–H groups in total. The molecule has 0 aliphatic carbocycles. The number of nitrogens with zero attached hydrogens (tertiary/aromatic N) is 4. The Morgan fingerprint density at radius 2 is 2.00 bits per heavy atom. The molecule has 0 saturated carbocycles. The third-order valence-corrected chi connectivity index (χ3v) is 5.28. The van der Waals surface area contributed by atoms with Crippen LogP contribution in [0.25, 0.3) is 0 Å². The van der Waals surface area contributed by atoms with Crippen LogP contribution in [-0.2, 0) is 11.3 Å². The Morgan fingerprint density at radius 1 is 1.15 bits per heavy atom. The summed E-state index contributed by atoms with van der Waals surface area (Å²) in [7, 11) is 0. The van der Waals surface area contributed by atoms with Gasteiger partial charge in [0.25, 0.3) is 0 Å². The van der Waals surface area contributed by atoms with Crippen LogP contribution in [0.3, 0.4) is 0 Å². The quantitative estimate of drug-likeness (QED) is 0.909. The first-order valence-electron chi connectivity index (χ1n) is 9.42. The van der Waals surface area contributed by atoms with Crippen molar-refractivity contribution >= 4 is 11.8 Å². The molecule has 2 aromatic rings. The van der Waals surface area contributed by atoms with Gasteiger partial charge in [-0.3, -0.25) is 4.90 Å². The van der Waals surface area contributed by atoms with Gasteiger partial charge in [-0.1, -0.05) is 29.8 Å². The molecule has 138 valence electrons. The van der Waals surface area contributed by atoms with E-state index < -0.39 is 0 Å². The zero-order chi connectivity index (χ0) is 17.9. The molecule has 1 aromatic heterocycles. The summed E-state index contributed by atoms with van der Waals surface area (Å²) in [5.41, 5.74) is 9.70. The molecule has 0 unspecified atom stereocenters. The zero-order valence-corrected chi connectivity index (χ0v) is 15.4. The third-order valence-electron chi connectivity index (χ3n) is 5.28. The van der Waals surface area contributed by atoms with Gasteiger partial charge < -0.3 is 15.4 Å². The van der Waals surface area contributed by atoms with Crippen LogP contribution in [0, 0.1) is 6.92 Å². The normalized spacial score (nSPS) is 21.3. The molecule has 6 heteroatoms. The van der Waals surface area contributed by atoms with Crippen molar-refractivity contribution < 1.29 is 4.74 Å². The minimum atomic E-state index is 0.349. The topological polar surface area (TPSA) is 67.5 Å². The number of ether oxygens (including phenoxy) is 1. The zero-order valence-electron chi connectivity index (χ0n) is 15.4. The van der Waals surface area contributed by atoms with Gasteiger partial charge in [-0.05, 0) is 18.9 Å². The van der Waals surface area contributed by atoms with Crippen molar-refractivity contribution in [3.05, 3.63) is 47.2 Å². The lowest BCUT2D eigenvalue weighted by Crippen LogP contribution is -2.46. The number of hydrogen-bond acceptors (Lipinski definition) is 6. The number of piperazine rings is 1. The lowest BCUT2D eigenvalue weighted by Gasteiger charge is -2.35. The average Bonchev–Trinajstić information content (AvgIpc) is 3.17. The largest absolute Gasteiger partial charge is 0.381 e. The average molecular weight is 353 g/mol. The van der Waals surface area contributed by atoms with E-state index in [-0.39, 0.29) is 0 Å². The number of aromatic nitrogens is 2. The number of hydrogen-bond donors (Lipinski definition) is 1. The van der Waals surface area contributed by atoms with Crippen LogP contribution < -0.4 is 10.6 Å². The summed E-state index contributed by atoms with van der Waals surface area (Å²) in [4.78, 5) is 13.7. The van der Waals surface area contributed by atoms with E-state index in [1.807, 2.05) is 0 Å². The van der Waals surface area contributed by atoms with Crippen molar-refractivity contribution in [3.63, 3.8) is 0 Å². The van der Waals surface area contributed by atoms with Gasteiger partial charge in [0.2, 0.25) is 5.95 Å². The highest BCUT2D eigenvalue weighted by atomic mass is 16.5. The summed E-state index contributed by atoms with van der Waals surface area (Å²) in [6, 6.07) is 10.9. The van der Waals surface area contributed by atoms with Gasteiger partial charge in [0.15, 0.2) is 0 Å². The smallest absolute Gasteiger partial charge is 0.222 e. The third kappa shape index (κ3) is 3.97. The molecule has 2 saturated heterocycles. The van der Waals surface area contributed by atoms with Crippen molar-refractivity contribution in [2.75, 3.05) is 50.0 Å². The van der Waals surface area contributed by atoms with Gasteiger partial charge in [-0.25, -0.2) is 4.98 Å². The van der Waals surface area contributed by atoms with E-state index in [1.165, 1.54) is 11.1 Å². The number of nitrogen functional groups attached to an aromatic ring is 1. The Balaban J connectivity index is 1.40. The molecule has 0 amide bonds. The first-order valence-corrected chi connectivity index (χ1v) is 9.42. The molecule has 0 spiro atoms. The molecule has 1 aromatic carbocycles. The second kappa shape index (κ2) is 7.60. The van der Waals surface area contributed by atoms with Crippen molar-refractivity contribution in [1.82, 2.24) is 14.9 Å². The molecular formula is C20H27N5O. The SMILES string of the molecule is Cc1cccc(CN2CCN(c3cc([C@H]4CCOC4)nc(N)n3)CC2)c1. The Hall–Kier alpha value is -2.18. The summed E-state index contributed by atoms with van der Waals surface area (Å²) in [6.45, 7) is 8.67. The molecule has 0 bridgehead atoms. The Labute approximate surface area is 155 Å². The van der Waals surface area contributed by atoms with E-state index in [0.29, 0.717) is 11.9 Å². The van der Waals surface area contributed by atoms with Gasteiger partial charge in [-0.15, -0.1) is 0 Å². The summed E-state index contributed by atoms with van der Waals surface area (Å²) in [5.74, 6) is 1.67. The van der Waals surface area contributed by atoms with Crippen LogP contribution in [0.2, 0.25) is 0 Å². The van der Waals surface area contributed by atoms with Crippen molar-refractivity contribution in [1.29, 1.82) is 0 Å². The van der Waals surface area contributed by atoms with E-state index in [9.17, 15) is 0 Å². The molecule has 4 rings (SSSR count). The van der Waals surface area contributed by atoms with E-state index >= 15 is 0 Å². The number of anilines is 2. The second-order valence-electron chi connectivity index (χ2n) is 7.32. The van der Waals surface area contributed by atoms with Crippen LogP contribution in [0.1, 0.15) is 29.2 Å². The van der Waals surface area contributed by atoms with Crippen molar-refractivity contribution in [2.24, 2.45) is 0 Å². The highest BCUT2D eigenvalue weighted by Crippen LogP contribution is 2.27. The van der Waals surface area contributed by atoms with E-state index in [2.05, 4.69) is 57.0 Å². The van der Waals surface area contributed by atoms with Crippen LogP contribution >= 0.6 is 0 Å². The van der Waals surface area contributed by atoms with Gasteiger partial charge in [-0.2, -0.15) is 4.98 Å². The molecule has 1 atom stereocenters. The monoisotopic (exact) mass is 353 g/mol. The van der Waals surface area contributed by atoms with E-state index in [1.54, 1.807) is 0 Å². The fourth-order valence-corrected chi connectivity index (χ4v) is 3.81. The fraction of sp³-hybridized carbons (Fsp3) is 0.500. The lowest BCUT2D eigenvalue weighted by atomic mass is 10.0. The first-order chi connectivity index (χ1) is 12.7. The Morgan fingerprint density at radius 3 is 2.73 bits per heavy atom. The minimum Gasteiger partial charge on any atom is -0.381 e. The molecule has 26 heavy (non-hydrogen) atoms. The summed E-state index contributed by atoms with van der Waals surface area (Å²) >= 11 is 0. The second-order valence-corrected chi connectivity index (χ2v) is 7.32. The molecule has 2 aliphatic rings. The molecular weight excluding hydrogens is 326 g/mol. The van der Waals surface area contributed by atoms with Gasteiger partial charge in [0, 0.05) is 51.3 Å². The molecule has 2 fully saturated rings. The number of benzene rings is 1. The fourth-order valence-electron chi connectivity index (χ4n) is 3.81. The maximum atomic E-state index is 5.98. The Bertz CT molecular complexity index is 752.